The summed E-state index contributed by atoms with van der Waals surface area (Å²) >= 11 is 0. The highest BCUT2D eigenvalue weighted by atomic mass is 15.3. The second-order valence-corrected chi connectivity index (χ2v) is 6.65. The Labute approximate surface area is 103 Å². The highest BCUT2D eigenvalue weighted by Crippen LogP contribution is 2.35. The van der Waals surface area contributed by atoms with Crippen LogP contribution in [0.3, 0.4) is 0 Å². The molecule has 0 saturated carbocycles. The maximum Gasteiger partial charge on any atom is 0.0547 e. The van der Waals surface area contributed by atoms with E-state index in [1.165, 1.54) is 31.9 Å². The molecule has 94 valence electrons. The predicted molar refractivity (Wildman–Crippen MR) is 67.8 cm³/mol. The van der Waals surface area contributed by atoms with Gasteiger partial charge in [0.2, 0.25) is 0 Å². The third kappa shape index (κ3) is 1.89. The fourth-order valence-electron chi connectivity index (χ4n) is 3.00. The monoisotopic (exact) mass is 234 g/mol. The van der Waals surface area contributed by atoms with Crippen LogP contribution in [0.15, 0.2) is 12.3 Å². The molecule has 17 heavy (non-hydrogen) atoms. The molecule has 1 N–H and O–H groups in total. The zero-order valence-electron chi connectivity index (χ0n) is 11.0. The van der Waals surface area contributed by atoms with Crippen molar-refractivity contribution in [1.29, 1.82) is 0 Å². The highest BCUT2D eigenvalue weighted by molar-refractivity contribution is 5.09. The molecule has 2 aliphatic rings. The number of aromatic nitrogens is 2. The van der Waals surface area contributed by atoms with Gasteiger partial charge in [-0.2, -0.15) is 5.10 Å². The van der Waals surface area contributed by atoms with Gasteiger partial charge in [0.25, 0.3) is 0 Å². The van der Waals surface area contributed by atoms with E-state index in [2.05, 4.69) is 46.8 Å². The molecule has 4 nitrogen and oxygen atoms in total. The fraction of sp³-hybridized carbons (Fsp3) is 0.769. The van der Waals surface area contributed by atoms with Gasteiger partial charge in [-0.05, 0) is 26.8 Å². The Morgan fingerprint density at radius 2 is 2.06 bits per heavy atom. The third-order valence-corrected chi connectivity index (χ3v) is 3.86. The van der Waals surface area contributed by atoms with Crippen molar-refractivity contribution >= 4 is 0 Å². The fourth-order valence-corrected chi connectivity index (χ4v) is 3.00. The molecule has 1 aromatic rings. The lowest BCUT2D eigenvalue weighted by Gasteiger charge is -2.56. The normalized spacial score (nSPS) is 23.5. The van der Waals surface area contributed by atoms with Crippen LogP contribution in [0, 0.1) is 5.41 Å². The quantitative estimate of drug-likeness (QED) is 0.830. The van der Waals surface area contributed by atoms with Crippen molar-refractivity contribution in [3.63, 3.8) is 0 Å². The molecule has 0 atom stereocenters. The number of rotatable bonds is 2. The zero-order valence-corrected chi connectivity index (χ0v) is 11.0. The van der Waals surface area contributed by atoms with Crippen molar-refractivity contribution in [3.8, 4) is 0 Å². The van der Waals surface area contributed by atoms with Crippen LogP contribution >= 0.6 is 0 Å². The van der Waals surface area contributed by atoms with Crippen molar-refractivity contribution in [2.45, 2.75) is 32.9 Å². The Morgan fingerprint density at radius 1 is 1.35 bits per heavy atom. The molecule has 2 saturated heterocycles. The van der Waals surface area contributed by atoms with Gasteiger partial charge in [0.1, 0.15) is 0 Å². The molecule has 3 heterocycles. The Bertz CT molecular complexity index is 403. The summed E-state index contributed by atoms with van der Waals surface area (Å²) in [4.78, 5) is 2.53. The second kappa shape index (κ2) is 3.56. The minimum atomic E-state index is 0.0828. The molecular weight excluding hydrogens is 212 g/mol. The van der Waals surface area contributed by atoms with Gasteiger partial charge >= 0.3 is 0 Å². The van der Waals surface area contributed by atoms with Crippen LogP contribution in [-0.4, -0.2) is 40.9 Å². The Balaban J connectivity index is 1.64. The molecule has 4 heteroatoms. The first kappa shape index (κ1) is 11.2. The maximum absolute atomic E-state index is 4.45. The number of nitrogens with zero attached hydrogens (tertiary/aromatic N) is 3. The van der Waals surface area contributed by atoms with E-state index in [0.717, 1.165) is 6.54 Å². The topological polar surface area (TPSA) is 33.1 Å². The van der Waals surface area contributed by atoms with Crippen LogP contribution in [0.1, 0.15) is 26.5 Å². The van der Waals surface area contributed by atoms with E-state index >= 15 is 0 Å². The molecule has 0 radical (unpaired) electrons. The summed E-state index contributed by atoms with van der Waals surface area (Å²) in [6.45, 7) is 12.6. The molecule has 1 spiro atoms. The van der Waals surface area contributed by atoms with Gasteiger partial charge < -0.3 is 5.32 Å². The van der Waals surface area contributed by atoms with Gasteiger partial charge in [0.15, 0.2) is 0 Å². The smallest absolute Gasteiger partial charge is 0.0547 e. The van der Waals surface area contributed by atoms with Gasteiger partial charge in [-0.25, -0.2) is 0 Å². The van der Waals surface area contributed by atoms with Crippen molar-refractivity contribution in [1.82, 2.24) is 20.0 Å². The number of nitrogens with one attached hydrogen (secondary N) is 1. The molecule has 1 aromatic heterocycles. The molecule has 3 rings (SSSR count). The average Bonchev–Trinajstić information content (AvgIpc) is 2.53. The lowest BCUT2D eigenvalue weighted by Crippen LogP contribution is -2.70. The molecule has 2 fully saturated rings. The first-order valence-electron chi connectivity index (χ1n) is 6.45. The van der Waals surface area contributed by atoms with E-state index in [4.69, 9.17) is 0 Å². The van der Waals surface area contributed by atoms with Crippen molar-refractivity contribution in [3.05, 3.63) is 18.0 Å². The summed E-state index contributed by atoms with van der Waals surface area (Å²) in [5, 5.41) is 7.82. The molecule has 0 amide bonds. The van der Waals surface area contributed by atoms with Crippen molar-refractivity contribution in [2.24, 2.45) is 5.41 Å². The molecule has 0 bridgehead atoms. The third-order valence-electron chi connectivity index (χ3n) is 3.86. The summed E-state index contributed by atoms with van der Waals surface area (Å²) in [5.74, 6) is 0. The van der Waals surface area contributed by atoms with Crippen molar-refractivity contribution < 1.29 is 0 Å². The first-order chi connectivity index (χ1) is 7.99. The molecule has 0 unspecified atom stereocenters. The molecular formula is C13H22N4. The van der Waals surface area contributed by atoms with Gasteiger partial charge in [-0.1, -0.05) is 0 Å². The molecule has 0 aromatic carbocycles. The largest absolute Gasteiger partial charge is 0.315 e. The Hall–Kier alpha value is -0.870. The summed E-state index contributed by atoms with van der Waals surface area (Å²) in [7, 11) is 0. The number of likely N-dealkylation sites (tertiary alicyclic amines) is 1. The predicted octanol–water partition coefficient (Wildman–Crippen LogP) is 1.04. The standard InChI is InChI=1S/C13H22N4/c1-12(2,3)17-11(4-5-15-17)6-16-9-13(10-16)7-14-8-13/h4-5,14H,6-10H2,1-3H3. The summed E-state index contributed by atoms with van der Waals surface area (Å²) in [6, 6.07) is 2.15. The first-order valence-corrected chi connectivity index (χ1v) is 6.45. The van der Waals surface area contributed by atoms with E-state index in [9.17, 15) is 0 Å². The van der Waals surface area contributed by atoms with E-state index < -0.39 is 0 Å². The second-order valence-electron chi connectivity index (χ2n) is 6.65. The number of hydrogen-bond donors (Lipinski definition) is 1. The average molecular weight is 234 g/mol. The summed E-state index contributed by atoms with van der Waals surface area (Å²) in [6.07, 6.45) is 1.92. The van der Waals surface area contributed by atoms with Gasteiger partial charge in [-0.3, -0.25) is 9.58 Å². The Morgan fingerprint density at radius 3 is 2.59 bits per heavy atom. The van der Waals surface area contributed by atoms with Crippen molar-refractivity contribution in [2.75, 3.05) is 26.2 Å². The summed E-state index contributed by atoms with van der Waals surface area (Å²) in [5.41, 5.74) is 2.03. The van der Waals surface area contributed by atoms with Crippen LogP contribution in [-0.2, 0) is 12.1 Å². The Kier molecular flexibility index (Phi) is 2.35. The van der Waals surface area contributed by atoms with Crippen LogP contribution < -0.4 is 5.32 Å². The minimum absolute atomic E-state index is 0.0828. The molecule has 0 aliphatic carbocycles. The van der Waals surface area contributed by atoms with Gasteiger partial charge in [-0.15, -0.1) is 0 Å². The van der Waals surface area contributed by atoms with Gasteiger partial charge in [0.05, 0.1) is 11.2 Å². The summed E-state index contributed by atoms with van der Waals surface area (Å²) < 4.78 is 2.15. The lowest BCUT2D eigenvalue weighted by molar-refractivity contribution is -0.0461. The zero-order chi connectivity index (χ0) is 12.1. The number of hydrogen-bond acceptors (Lipinski definition) is 3. The van der Waals surface area contributed by atoms with E-state index in [0.29, 0.717) is 5.41 Å². The SMILES string of the molecule is CC(C)(C)n1nccc1CN1CC2(CNC2)C1. The van der Waals surface area contributed by atoms with Crippen LogP contribution in [0.2, 0.25) is 0 Å². The highest BCUT2D eigenvalue weighted by Gasteiger charge is 2.47. The lowest BCUT2D eigenvalue weighted by atomic mass is 9.74. The minimum Gasteiger partial charge on any atom is -0.315 e. The maximum atomic E-state index is 4.45. The van der Waals surface area contributed by atoms with E-state index in [1.54, 1.807) is 0 Å². The van der Waals surface area contributed by atoms with E-state index in [1.807, 2.05) is 6.20 Å². The van der Waals surface area contributed by atoms with Gasteiger partial charge in [0, 0.05) is 44.3 Å². The van der Waals surface area contributed by atoms with Crippen LogP contribution in [0.5, 0.6) is 0 Å². The van der Waals surface area contributed by atoms with Crippen LogP contribution in [0.4, 0.5) is 0 Å². The molecule has 2 aliphatic heterocycles. The van der Waals surface area contributed by atoms with Crippen LogP contribution in [0.25, 0.3) is 0 Å². The van der Waals surface area contributed by atoms with E-state index in [-0.39, 0.29) is 5.54 Å².